The van der Waals surface area contributed by atoms with Gasteiger partial charge in [0, 0.05) is 17.5 Å². The minimum absolute atomic E-state index is 0.0887. The van der Waals surface area contributed by atoms with Crippen molar-refractivity contribution in [1.82, 2.24) is 0 Å². The van der Waals surface area contributed by atoms with Crippen LogP contribution in [-0.4, -0.2) is 25.1 Å². The Hall–Kier alpha value is -0.870. The van der Waals surface area contributed by atoms with E-state index in [-0.39, 0.29) is 5.78 Å². The lowest BCUT2D eigenvalue weighted by Gasteiger charge is -2.26. The van der Waals surface area contributed by atoms with Crippen LogP contribution in [0.1, 0.15) is 32.8 Å². The lowest BCUT2D eigenvalue weighted by Crippen LogP contribution is -2.39. The summed E-state index contributed by atoms with van der Waals surface area (Å²) in [6, 6.07) is 5.63. The summed E-state index contributed by atoms with van der Waals surface area (Å²) in [7, 11) is 1.62. The first kappa shape index (κ1) is 16.2. The molecule has 1 atom stereocenters. The number of methoxy groups -OCH3 is 1. The van der Waals surface area contributed by atoms with Gasteiger partial charge in [-0.05, 0) is 44.0 Å². The molecule has 0 fully saturated rings. The minimum atomic E-state index is -0.711. The summed E-state index contributed by atoms with van der Waals surface area (Å²) >= 11 is 3.47. The fourth-order valence-electron chi connectivity index (χ4n) is 1.87. The van der Waals surface area contributed by atoms with E-state index in [0.717, 1.165) is 15.8 Å². The fourth-order valence-corrected chi connectivity index (χ4v) is 2.26. The van der Waals surface area contributed by atoms with E-state index >= 15 is 0 Å². The zero-order valence-electron chi connectivity index (χ0n) is 12.0. The molecule has 0 aliphatic carbocycles. The van der Waals surface area contributed by atoms with Crippen LogP contribution in [0.4, 0.5) is 0 Å². The molecule has 1 unspecified atom stereocenters. The Kier molecular flexibility index (Phi) is 6.01. The number of benzene rings is 1. The maximum Gasteiger partial charge on any atom is 0.168 e. The molecule has 0 N–H and O–H groups in total. The molecule has 0 saturated heterocycles. The summed E-state index contributed by atoms with van der Waals surface area (Å²) in [5, 5.41) is 0. The molecule has 0 amide bonds. The third kappa shape index (κ3) is 4.05. The molecule has 1 aromatic rings. The zero-order chi connectivity index (χ0) is 14.5. The number of hydrogen-bond acceptors (Lipinski definition) is 3. The fraction of sp³-hybridized carbons (Fsp3) is 0.533. The van der Waals surface area contributed by atoms with E-state index in [4.69, 9.17) is 9.47 Å². The molecule has 0 heterocycles. The number of halogens is 1. The van der Waals surface area contributed by atoms with Gasteiger partial charge in [-0.25, -0.2) is 0 Å². The Labute approximate surface area is 123 Å². The summed E-state index contributed by atoms with van der Waals surface area (Å²) in [4.78, 5) is 12.4. The van der Waals surface area contributed by atoms with Gasteiger partial charge >= 0.3 is 0 Å². The van der Waals surface area contributed by atoms with Gasteiger partial charge in [0.2, 0.25) is 0 Å². The minimum Gasteiger partial charge on any atom is -0.497 e. The van der Waals surface area contributed by atoms with Gasteiger partial charge in [-0.2, -0.15) is 0 Å². The van der Waals surface area contributed by atoms with Crippen LogP contribution >= 0.6 is 15.9 Å². The number of rotatable bonds is 7. The second-order valence-corrected chi connectivity index (χ2v) is 5.43. The van der Waals surface area contributed by atoms with Crippen molar-refractivity contribution in [2.24, 2.45) is 0 Å². The molecule has 1 rings (SSSR count). The van der Waals surface area contributed by atoms with E-state index in [1.807, 2.05) is 39.0 Å². The molecule has 3 nitrogen and oxygen atoms in total. The molecule has 106 valence electrons. The van der Waals surface area contributed by atoms with Gasteiger partial charge in [0.1, 0.15) is 11.4 Å². The number of Topliss-reactive ketones (excluding diaryl/α,β-unsaturated/α-hetero) is 1. The summed E-state index contributed by atoms with van der Waals surface area (Å²) in [6.45, 7) is 6.26. The molecule has 0 aliphatic rings. The highest BCUT2D eigenvalue weighted by Gasteiger charge is 2.31. The lowest BCUT2D eigenvalue weighted by atomic mass is 9.92. The first-order chi connectivity index (χ1) is 8.96. The predicted octanol–water partition coefficient (Wildman–Crippen LogP) is 3.77. The summed E-state index contributed by atoms with van der Waals surface area (Å²) in [6.07, 6.45) is 1.00. The molecule has 0 aromatic heterocycles. The second-order valence-electron chi connectivity index (χ2n) is 4.57. The SMILES string of the molecule is CCOC(C)(CC)C(=O)Cc1cc(OC)ccc1Br. The van der Waals surface area contributed by atoms with Gasteiger partial charge in [-0.3, -0.25) is 4.79 Å². The average Bonchev–Trinajstić information content (AvgIpc) is 2.41. The molecule has 4 heteroatoms. The molecule has 0 spiro atoms. The number of ketones is 1. The van der Waals surface area contributed by atoms with E-state index in [2.05, 4.69) is 15.9 Å². The van der Waals surface area contributed by atoms with Crippen LogP contribution in [0.25, 0.3) is 0 Å². The van der Waals surface area contributed by atoms with Gasteiger partial charge in [0.05, 0.1) is 7.11 Å². The van der Waals surface area contributed by atoms with Gasteiger partial charge in [-0.1, -0.05) is 22.9 Å². The second kappa shape index (κ2) is 7.06. The van der Waals surface area contributed by atoms with E-state index in [0.29, 0.717) is 19.4 Å². The van der Waals surface area contributed by atoms with Crippen molar-refractivity contribution < 1.29 is 14.3 Å². The largest absolute Gasteiger partial charge is 0.497 e. The van der Waals surface area contributed by atoms with Crippen LogP contribution in [0, 0.1) is 0 Å². The van der Waals surface area contributed by atoms with Crippen molar-refractivity contribution in [3.63, 3.8) is 0 Å². The van der Waals surface area contributed by atoms with Gasteiger partial charge < -0.3 is 9.47 Å². The Morgan fingerprint density at radius 2 is 2.05 bits per heavy atom. The normalized spacial score (nSPS) is 13.9. The number of hydrogen-bond donors (Lipinski definition) is 0. The van der Waals surface area contributed by atoms with E-state index in [9.17, 15) is 4.79 Å². The third-order valence-electron chi connectivity index (χ3n) is 3.33. The summed E-state index contributed by atoms with van der Waals surface area (Å²) in [5.74, 6) is 0.839. The van der Waals surface area contributed by atoms with Crippen LogP contribution in [0.3, 0.4) is 0 Å². The van der Waals surface area contributed by atoms with Crippen molar-refractivity contribution >= 4 is 21.7 Å². The topological polar surface area (TPSA) is 35.5 Å². The average molecular weight is 329 g/mol. The molecule has 0 aliphatic heterocycles. The number of carbonyl (C=O) groups excluding carboxylic acids is 1. The van der Waals surface area contributed by atoms with Crippen molar-refractivity contribution in [3.05, 3.63) is 28.2 Å². The van der Waals surface area contributed by atoms with Gasteiger partial charge in [0.15, 0.2) is 5.78 Å². The monoisotopic (exact) mass is 328 g/mol. The molecule has 0 radical (unpaired) electrons. The zero-order valence-corrected chi connectivity index (χ0v) is 13.5. The summed E-state index contributed by atoms with van der Waals surface area (Å²) < 4.78 is 11.7. The van der Waals surface area contributed by atoms with Crippen LogP contribution in [0.15, 0.2) is 22.7 Å². The standard InChI is InChI=1S/C15H21BrO3/c1-5-15(3,19-6-2)14(17)10-11-9-12(18-4)7-8-13(11)16/h7-9H,5-6,10H2,1-4H3. The van der Waals surface area contributed by atoms with Crippen molar-refractivity contribution in [2.75, 3.05) is 13.7 Å². The van der Waals surface area contributed by atoms with Crippen molar-refractivity contribution in [1.29, 1.82) is 0 Å². The molecule has 0 bridgehead atoms. The molecule has 19 heavy (non-hydrogen) atoms. The first-order valence-electron chi connectivity index (χ1n) is 6.46. The number of ether oxygens (including phenoxy) is 2. The van der Waals surface area contributed by atoms with Crippen LogP contribution in [-0.2, 0) is 16.0 Å². The quantitative estimate of drug-likeness (QED) is 0.764. The maximum atomic E-state index is 12.4. The lowest BCUT2D eigenvalue weighted by molar-refractivity contribution is -0.141. The van der Waals surface area contributed by atoms with E-state index < -0.39 is 5.60 Å². The molecular formula is C15H21BrO3. The third-order valence-corrected chi connectivity index (χ3v) is 4.10. The van der Waals surface area contributed by atoms with Gasteiger partial charge in [-0.15, -0.1) is 0 Å². The molecular weight excluding hydrogens is 308 g/mol. The van der Waals surface area contributed by atoms with Crippen molar-refractivity contribution in [3.8, 4) is 5.75 Å². The number of carbonyl (C=O) groups is 1. The first-order valence-corrected chi connectivity index (χ1v) is 7.25. The van der Waals surface area contributed by atoms with Crippen LogP contribution < -0.4 is 4.74 Å². The highest BCUT2D eigenvalue weighted by molar-refractivity contribution is 9.10. The van der Waals surface area contributed by atoms with E-state index in [1.54, 1.807) is 7.11 Å². The molecule has 0 saturated carbocycles. The van der Waals surface area contributed by atoms with Gasteiger partial charge in [0.25, 0.3) is 0 Å². The Bertz CT molecular complexity index is 445. The predicted molar refractivity (Wildman–Crippen MR) is 79.7 cm³/mol. The van der Waals surface area contributed by atoms with Crippen molar-refractivity contribution in [2.45, 2.75) is 39.2 Å². The Morgan fingerprint density at radius 1 is 1.37 bits per heavy atom. The highest BCUT2D eigenvalue weighted by atomic mass is 79.9. The summed E-state index contributed by atoms with van der Waals surface area (Å²) in [5.41, 5.74) is 0.209. The maximum absolute atomic E-state index is 12.4. The molecule has 1 aromatic carbocycles. The highest BCUT2D eigenvalue weighted by Crippen LogP contribution is 2.26. The smallest absolute Gasteiger partial charge is 0.168 e. The van der Waals surface area contributed by atoms with E-state index in [1.165, 1.54) is 0 Å². The Morgan fingerprint density at radius 3 is 2.58 bits per heavy atom. The van der Waals surface area contributed by atoms with Crippen LogP contribution in [0.5, 0.6) is 5.75 Å². The Balaban J connectivity index is 2.92. The van der Waals surface area contributed by atoms with Crippen LogP contribution in [0.2, 0.25) is 0 Å².